The minimum absolute atomic E-state index is 0.103. The molecule has 0 saturated carbocycles. The third-order valence-corrected chi connectivity index (χ3v) is 3.24. The molecule has 1 atom stereocenters. The Hall–Kier alpha value is -1.74. The van der Waals surface area contributed by atoms with Gasteiger partial charge in [0.2, 0.25) is 0 Å². The third kappa shape index (κ3) is 3.86. The first kappa shape index (κ1) is 13.7. The zero-order valence-corrected chi connectivity index (χ0v) is 11.4. The first-order valence-corrected chi connectivity index (χ1v) is 6.61. The molecule has 2 rings (SSSR count). The van der Waals surface area contributed by atoms with Crippen LogP contribution in [0.1, 0.15) is 36.7 Å². The highest BCUT2D eigenvalue weighted by Gasteiger charge is 2.06. The summed E-state index contributed by atoms with van der Waals surface area (Å²) in [6.45, 7) is 4.96. The van der Waals surface area contributed by atoms with Crippen LogP contribution >= 0.6 is 0 Å². The number of aryl methyl sites for hydroxylation is 1. The summed E-state index contributed by atoms with van der Waals surface area (Å²) in [7, 11) is 0. The molecule has 19 heavy (non-hydrogen) atoms. The van der Waals surface area contributed by atoms with Gasteiger partial charge in [-0.1, -0.05) is 31.2 Å². The van der Waals surface area contributed by atoms with E-state index in [0.29, 0.717) is 0 Å². The lowest BCUT2D eigenvalue weighted by Gasteiger charge is -2.13. The summed E-state index contributed by atoms with van der Waals surface area (Å²) in [5.41, 5.74) is 3.44. The summed E-state index contributed by atoms with van der Waals surface area (Å²) >= 11 is 0. The van der Waals surface area contributed by atoms with Crippen molar-refractivity contribution in [2.45, 2.75) is 32.9 Å². The fourth-order valence-electron chi connectivity index (χ4n) is 1.91. The molecule has 3 heteroatoms. The van der Waals surface area contributed by atoms with E-state index in [9.17, 15) is 4.39 Å². The standard InChI is InChI=1S/C16H19FN2/c1-3-13-4-6-14(7-5-13)10-18-12(2)16-9-8-15(17)11-19-16/h4-9,11-12,18H,3,10H2,1-2H3. The normalized spacial score (nSPS) is 12.4. The average molecular weight is 258 g/mol. The van der Waals surface area contributed by atoms with Crippen molar-refractivity contribution >= 4 is 0 Å². The number of pyridine rings is 1. The van der Waals surface area contributed by atoms with E-state index < -0.39 is 0 Å². The van der Waals surface area contributed by atoms with Crippen LogP contribution < -0.4 is 5.32 Å². The van der Waals surface area contributed by atoms with Gasteiger partial charge in [-0.05, 0) is 36.6 Å². The van der Waals surface area contributed by atoms with E-state index in [2.05, 4.69) is 41.5 Å². The van der Waals surface area contributed by atoms with Gasteiger partial charge in [0, 0.05) is 12.6 Å². The lowest BCUT2D eigenvalue weighted by atomic mass is 10.1. The molecule has 0 fully saturated rings. The molecule has 0 saturated heterocycles. The molecule has 1 aromatic heterocycles. The van der Waals surface area contributed by atoms with E-state index >= 15 is 0 Å². The maximum Gasteiger partial charge on any atom is 0.141 e. The quantitative estimate of drug-likeness (QED) is 0.885. The van der Waals surface area contributed by atoms with Crippen molar-refractivity contribution in [3.63, 3.8) is 0 Å². The van der Waals surface area contributed by atoms with Crippen molar-refractivity contribution in [2.75, 3.05) is 0 Å². The van der Waals surface area contributed by atoms with Gasteiger partial charge in [-0.15, -0.1) is 0 Å². The predicted molar refractivity (Wildman–Crippen MR) is 75.3 cm³/mol. The highest BCUT2D eigenvalue weighted by atomic mass is 19.1. The Morgan fingerprint density at radius 3 is 2.37 bits per heavy atom. The van der Waals surface area contributed by atoms with Gasteiger partial charge >= 0.3 is 0 Å². The molecule has 0 aliphatic carbocycles. The number of hydrogen-bond donors (Lipinski definition) is 1. The first-order chi connectivity index (χ1) is 9.19. The second-order valence-electron chi connectivity index (χ2n) is 4.67. The summed E-state index contributed by atoms with van der Waals surface area (Å²) in [5.74, 6) is -0.300. The second kappa shape index (κ2) is 6.43. The monoisotopic (exact) mass is 258 g/mol. The van der Waals surface area contributed by atoms with Crippen molar-refractivity contribution in [2.24, 2.45) is 0 Å². The molecule has 0 radical (unpaired) electrons. The highest BCUT2D eigenvalue weighted by molar-refractivity contribution is 5.22. The second-order valence-corrected chi connectivity index (χ2v) is 4.67. The van der Waals surface area contributed by atoms with E-state index in [4.69, 9.17) is 0 Å². The lowest BCUT2D eigenvalue weighted by Crippen LogP contribution is -2.19. The van der Waals surface area contributed by atoms with Gasteiger partial charge in [0.05, 0.1) is 11.9 Å². The van der Waals surface area contributed by atoms with Crippen molar-refractivity contribution in [3.8, 4) is 0 Å². The van der Waals surface area contributed by atoms with Crippen LogP contribution in [0.3, 0.4) is 0 Å². The topological polar surface area (TPSA) is 24.9 Å². The minimum Gasteiger partial charge on any atom is -0.305 e. The van der Waals surface area contributed by atoms with Crippen LogP contribution in [-0.2, 0) is 13.0 Å². The molecule has 1 aromatic carbocycles. The minimum atomic E-state index is -0.300. The van der Waals surface area contributed by atoms with Crippen molar-refractivity contribution in [1.82, 2.24) is 10.3 Å². The van der Waals surface area contributed by atoms with Gasteiger partial charge < -0.3 is 5.32 Å². The van der Waals surface area contributed by atoms with Crippen LogP contribution in [0, 0.1) is 5.82 Å². The van der Waals surface area contributed by atoms with Crippen molar-refractivity contribution < 1.29 is 4.39 Å². The van der Waals surface area contributed by atoms with E-state index in [0.717, 1.165) is 18.7 Å². The fourth-order valence-corrected chi connectivity index (χ4v) is 1.91. The first-order valence-electron chi connectivity index (χ1n) is 6.61. The van der Waals surface area contributed by atoms with Crippen LogP contribution in [0.2, 0.25) is 0 Å². The summed E-state index contributed by atoms with van der Waals surface area (Å²) in [5, 5.41) is 3.39. The number of benzene rings is 1. The van der Waals surface area contributed by atoms with Gasteiger partial charge in [-0.3, -0.25) is 4.98 Å². The number of nitrogens with one attached hydrogen (secondary N) is 1. The average Bonchev–Trinajstić information content (AvgIpc) is 2.46. The van der Waals surface area contributed by atoms with Crippen LogP contribution in [0.4, 0.5) is 4.39 Å². The molecule has 0 aliphatic heterocycles. The lowest BCUT2D eigenvalue weighted by molar-refractivity contribution is 0.554. The van der Waals surface area contributed by atoms with Gasteiger partial charge in [0.1, 0.15) is 5.82 Å². The summed E-state index contributed by atoms with van der Waals surface area (Å²) in [6, 6.07) is 11.8. The molecule has 1 unspecified atom stereocenters. The fraction of sp³-hybridized carbons (Fsp3) is 0.312. The van der Waals surface area contributed by atoms with Crippen LogP contribution in [0.5, 0.6) is 0 Å². The SMILES string of the molecule is CCc1ccc(CNC(C)c2ccc(F)cn2)cc1. The Morgan fingerprint density at radius 1 is 1.11 bits per heavy atom. The molecule has 1 heterocycles. The van der Waals surface area contributed by atoms with Crippen LogP contribution in [0.15, 0.2) is 42.6 Å². The van der Waals surface area contributed by atoms with Crippen LogP contribution in [0.25, 0.3) is 0 Å². The largest absolute Gasteiger partial charge is 0.305 e. The van der Waals surface area contributed by atoms with Gasteiger partial charge in [-0.2, -0.15) is 0 Å². The Bertz CT molecular complexity index is 505. The zero-order chi connectivity index (χ0) is 13.7. The number of nitrogens with zero attached hydrogens (tertiary/aromatic N) is 1. The van der Waals surface area contributed by atoms with E-state index in [1.165, 1.54) is 23.4 Å². The molecule has 2 aromatic rings. The van der Waals surface area contributed by atoms with Gasteiger partial charge in [-0.25, -0.2) is 4.39 Å². The number of hydrogen-bond acceptors (Lipinski definition) is 2. The van der Waals surface area contributed by atoms with Crippen molar-refractivity contribution in [3.05, 3.63) is 65.2 Å². The van der Waals surface area contributed by atoms with E-state index in [1.54, 1.807) is 6.07 Å². The molecule has 0 amide bonds. The zero-order valence-electron chi connectivity index (χ0n) is 11.4. The van der Waals surface area contributed by atoms with Gasteiger partial charge in [0.25, 0.3) is 0 Å². The number of aromatic nitrogens is 1. The van der Waals surface area contributed by atoms with Crippen molar-refractivity contribution in [1.29, 1.82) is 0 Å². The maximum atomic E-state index is 12.8. The smallest absolute Gasteiger partial charge is 0.141 e. The summed E-state index contributed by atoms with van der Waals surface area (Å²) < 4.78 is 12.8. The molecule has 0 bridgehead atoms. The Morgan fingerprint density at radius 2 is 1.79 bits per heavy atom. The molecule has 1 N–H and O–H groups in total. The molecule has 100 valence electrons. The predicted octanol–water partition coefficient (Wildman–Crippen LogP) is 3.63. The Labute approximate surface area is 113 Å². The van der Waals surface area contributed by atoms with E-state index in [-0.39, 0.29) is 11.9 Å². The number of halogens is 1. The maximum absolute atomic E-state index is 12.8. The molecule has 0 spiro atoms. The molecule has 0 aliphatic rings. The summed E-state index contributed by atoms with van der Waals surface area (Å²) in [4.78, 5) is 4.08. The van der Waals surface area contributed by atoms with Gasteiger partial charge in [0.15, 0.2) is 0 Å². The summed E-state index contributed by atoms with van der Waals surface area (Å²) in [6.07, 6.45) is 2.31. The molecular weight excluding hydrogens is 239 g/mol. The van der Waals surface area contributed by atoms with E-state index in [1.807, 2.05) is 6.92 Å². The molecule has 2 nitrogen and oxygen atoms in total. The van der Waals surface area contributed by atoms with Crippen LogP contribution in [-0.4, -0.2) is 4.98 Å². The Kier molecular flexibility index (Phi) is 4.63. The molecular formula is C16H19FN2. The third-order valence-electron chi connectivity index (χ3n) is 3.24. The highest BCUT2D eigenvalue weighted by Crippen LogP contribution is 2.11. The number of rotatable bonds is 5. The Balaban J connectivity index is 1.92.